The zero-order chi connectivity index (χ0) is 17.8. The Morgan fingerprint density at radius 3 is 2.04 bits per heavy atom. The number of piperazine rings is 1. The average molecular weight is 340 g/mol. The lowest BCUT2D eigenvalue weighted by atomic mass is 10.0. The summed E-state index contributed by atoms with van der Waals surface area (Å²) >= 11 is 0. The first-order chi connectivity index (χ1) is 11.7. The Kier molecular flexibility index (Phi) is 11.4. The third kappa shape index (κ3) is 7.10. The van der Waals surface area contributed by atoms with Crippen LogP contribution in [0.4, 0.5) is 0 Å². The van der Waals surface area contributed by atoms with E-state index in [0.29, 0.717) is 11.9 Å². The summed E-state index contributed by atoms with van der Waals surface area (Å²) in [5.74, 6) is 0.394. The lowest BCUT2D eigenvalue weighted by molar-refractivity contribution is -0.133. The van der Waals surface area contributed by atoms with Gasteiger partial charge in [0.05, 0.1) is 0 Å². The SMILES string of the molecule is CC.CCCCCCC(=O)N1CCC(N2CCN(CC)CC2)CC1. The molecule has 0 aromatic heterocycles. The van der Waals surface area contributed by atoms with Crippen LogP contribution >= 0.6 is 0 Å². The maximum atomic E-state index is 12.2. The van der Waals surface area contributed by atoms with Gasteiger partial charge in [0.15, 0.2) is 0 Å². The molecule has 2 heterocycles. The molecule has 2 fully saturated rings. The second-order valence-electron chi connectivity index (χ2n) is 6.89. The third-order valence-corrected chi connectivity index (χ3v) is 5.43. The molecule has 4 heteroatoms. The lowest BCUT2D eigenvalue weighted by Crippen LogP contribution is -2.53. The van der Waals surface area contributed by atoms with Crippen LogP contribution in [-0.4, -0.2) is 72.5 Å². The van der Waals surface area contributed by atoms with E-state index in [9.17, 15) is 4.79 Å². The number of likely N-dealkylation sites (N-methyl/N-ethyl adjacent to an activating group) is 1. The molecule has 0 aliphatic carbocycles. The summed E-state index contributed by atoms with van der Waals surface area (Å²) in [7, 11) is 0. The molecule has 0 N–H and O–H groups in total. The Bertz CT molecular complexity index is 319. The highest BCUT2D eigenvalue weighted by atomic mass is 16.2. The molecule has 0 aromatic carbocycles. The number of carbonyl (C=O) groups is 1. The molecule has 2 rings (SSSR count). The largest absolute Gasteiger partial charge is 0.343 e. The van der Waals surface area contributed by atoms with Crippen molar-refractivity contribution in [3.05, 3.63) is 0 Å². The second-order valence-corrected chi connectivity index (χ2v) is 6.89. The van der Waals surface area contributed by atoms with Crippen LogP contribution in [0, 0.1) is 0 Å². The van der Waals surface area contributed by atoms with Gasteiger partial charge in [-0.25, -0.2) is 0 Å². The molecule has 0 aromatic rings. The monoisotopic (exact) mass is 339 g/mol. The van der Waals surface area contributed by atoms with E-state index < -0.39 is 0 Å². The van der Waals surface area contributed by atoms with Gasteiger partial charge in [0.25, 0.3) is 0 Å². The molecular formula is C20H41N3O. The van der Waals surface area contributed by atoms with Crippen LogP contribution in [0.3, 0.4) is 0 Å². The Morgan fingerprint density at radius 2 is 1.50 bits per heavy atom. The van der Waals surface area contributed by atoms with E-state index in [1.807, 2.05) is 13.8 Å². The molecule has 2 aliphatic rings. The molecule has 142 valence electrons. The van der Waals surface area contributed by atoms with Crippen molar-refractivity contribution >= 4 is 5.91 Å². The molecule has 0 radical (unpaired) electrons. The standard InChI is InChI=1S/C18H35N3O.C2H6/c1-3-5-6-7-8-18(22)21-11-9-17(10-12-21)20-15-13-19(4-2)14-16-20;1-2/h17H,3-16H2,1-2H3;1-2H3. The van der Waals surface area contributed by atoms with Crippen LogP contribution in [0.15, 0.2) is 0 Å². The predicted octanol–water partition coefficient (Wildman–Crippen LogP) is 3.61. The number of likely N-dealkylation sites (tertiary alicyclic amines) is 1. The maximum Gasteiger partial charge on any atom is 0.222 e. The summed E-state index contributed by atoms with van der Waals surface area (Å²) in [4.78, 5) is 19.5. The molecular weight excluding hydrogens is 298 g/mol. The smallest absolute Gasteiger partial charge is 0.222 e. The van der Waals surface area contributed by atoms with Crippen LogP contribution in [0.25, 0.3) is 0 Å². The van der Waals surface area contributed by atoms with Crippen molar-refractivity contribution in [2.45, 2.75) is 78.7 Å². The molecule has 24 heavy (non-hydrogen) atoms. The van der Waals surface area contributed by atoms with E-state index in [4.69, 9.17) is 0 Å². The number of amides is 1. The molecule has 0 bridgehead atoms. The highest BCUT2D eigenvalue weighted by Gasteiger charge is 2.28. The summed E-state index contributed by atoms with van der Waals surface area (Å²) in [6.07, 6.45) is 7.90. The Balaban J connectivity index is 0.00000139. The van der Waals surface area contributed by atoms with E-state index in [-0.39, 0.29) is 0 Å². The summed E-state index contributed by atoms with van der Waals surface area (Å²) in [6, 6.07) is 0.711. The van der Waals surface area contributed by atoms with Crippen molar-refractivity contribution in [3.63, 3.8) is 0 Å². The summed E-state index contributed by atoms with van der Waals surface area (Å²) in [5, 5.41) is 0. The fourth-order valence-electron chi connectivity index (χ4n) is 3.79. The van der Waals surface area contributed by atoms with Gasteiger partial charge in [-0.2, -0.15) is 0 Å². The van der Waals surface area contributed by atoms with Gasteiger partial charge < -0.3 is 9.80 Å². The lowest BCUT2D eigenvalue weighted by Gasteiger charge is -2.42. The number of hydrogen-bond acceptors (Lipinski definition) is 3. The first-order valence-corrected chi connectivity index (χ1v) is 10.5. The normalized spacial score (nSPS) is 20.6. The number of carbonyl (C=O) groups excluding carboxylic acids is 1. The number of unbranched alkanes of at least 4 members (excludes halogenated alkanes) is 3. The number of piperidine rings is 1. The van der Waals surface area contributed by atoms with Crippen molar-refractivity contribution in [2.75, 3.05) is 45.8 Å². The highest BCUT2D eigenvalue weighted by Crippen LogP contribution is 2.19. The van der Waals surface area contributed by atoms with Crippen molar-refractivity contribution in [1.29, 1.82) is 0 Å². The van der Waals surface area contributed by atoms with Gasteiger partial charge in [0.2, 0.25) is 5.91 Å². The zero-order valence-electron chi connectivity index (χ0n) is 16.7. The third-order valence-electron chi connectivity index (χ3n) is 5.43. The quantitative estimate of drug-likeness (QED) is 0.663. The van der Waals surface area contributed by atoms with Gasteiger partial charge in [0.1, 0.15) is 0 Å². The highest BCUT2D eigenvalue weighted by molar-refractivity contribution is 5.76. The van der Waals surface area contributed by atoms with Gasteiger partial charge in [-0.05, 0) is 25.8 Å². The number of hydrogen-bond donors (Lipinski definition) is 0. The van der Waals surface area contributed by atoms with Crippen molar-refractivity contribution in [1.82, 2.24) is 14.7 Å². The molecule has 2 aliphatic heterocycles. The minimum absolute atomic E-state index is 0.394. The van der Waals surface area contributed by atoms with Crippen molar-refractivity contribution in [3.8, 4) is 0 Å². The Hall–Kier alpha value is -0.610. The van der Waals surface area contributed by atoms with Crippen molar-refractivity contribution in [2.24, 2.45) is 0 Å². The minimum atomic E-state index is 0.394. The van der Waals surface area contributed by atoms with Crippen LogP contribution in [0.2, 0.25) is 0 Å². The fourth-order valence-corrected chi connectivity index (χ4v) is 3.79. The van der Waals surface area contributed by atoms with Gasteiger partial charge >= 0.3 is 0 Å². The van der Waals surface area contributed by atoms with E-state index in [0.717, 1.165) is 25.9 Å². The van der Waals surface area contributed by atoms with Gasteiger partial charge in [-0.1, -0.05) is 47.0 Å². The Morgan fingerprint density at radius 1 is 0.875 bits per heavy atom. The second kappa shape index (κ2) is 12.7. The summed E-state index contributed by atoms with van der Waals surface area (Å²) < 4.78 is 0. The first-order valence-electron chi connectivity index (χ1n) is 10.5. The van der Waals surface area contributed by atoms with Gasteiger partial charge in [0, 0.05) is 51.7 Å². The van der Waals surface area contributed by atoms with Crippen molar-refractivity contribution < 1.29 is 4.79 Å². The van der Waals surface area contributed by atoms with Crippen LogP contribution in [0.5, 0.6) is 0 Å². The molecule has 2 saturated heterocycles. The zero-order valence-corrected chi connectivity index (χ0v) is 16.7. The summed E-state index contributed by atoms with van der Waals surface area (Å²) in [6.45, 7) is 16.5. The Labute approximate surface area is 150 Å². The average Bonchev–Trinajstić information content (AvgIpc) is 2.67. The predicted molar refractivity (Wildman–Crippen MR) is 103 cm³/mol. The molecule has 0 unspecified atom stereocenters. The molecule has 4 nitrogen and oxygen atoms in total. The van der Waals surface area contributed by atoms with E-state index >= 15 is 0 Å². The number of nitrogens with zero attached hydrogens (tertiary/aromatic N) is 3. The van der Waals surface area contributed by atoms with E-state index in [1.54, 1.807) is 0 Å². The molecule has 0 saturated carbocycles. The fraction of sp³-hybridized carbons (Fsp3) is 0.950. The van der Waals surface area contributed by atoms with E-state index in [2.05, 4.69) is 28.5 Å². The molecule has 0 atom stereocenters. The number of rotatable bonds is 7. The molecule has 0 spiro atoms. The van der Waals surface area contributed by atoms with Crippen LogP contribution in [-0.2, 0) is 4.79 Å². The first kappa shape index (κ1) is 21.4. The van der Waals surface area contributed by atoms with Gasteiger partial charge in [-0.3, -0.25) is 9.69 Å². The van der Waals surface area contributed by atoms with Crippen LogP contribution in [0.1, 0.15) is 72.6 Å². The van der Waals surface area contributed by atoms with Crippen LogP contribution < -0.4 is 0 Å². The van der Waals surface area contributed by atoms with Gasteiger partial charge in [-0.15, -0.1) is 0 Å². The van der Waals surface area contributed by atoms with E-state index in [1.165, 1.54) is 64.8 Å². The minimum Gasteiger partial charge on any atom is -0.343 e. The topological polar surface area (TPSA) is 26.8 Å². The molecule has 1 amide bonds. The maximum absolute atomic E-state index is 12.2. The summed E-state index contributed by atoms with van der Waals surface area (Å²) in [5.41, 5.74) is 0.